The fraction of sp³-hybridized carbons (Fsp3) is 0.0137. The highest BCUT2D eigenvalue weighted by Crippen LogP contribution is 2.47. The van der Waals surface area contributed by atoms with Crippen LogP contribution in [0.5, 0.6) is 0 Å². The smallest absolute Gasteiger partial charge is 0.310 e. The summed E-state index contributed by atoms with van der Waals surface area (Å²) in [7, 11) is 0. The molecule has 2 aromatic heterocycles. The predicted molar refractivity (Wildman–Crippen MR) is 326 cm³/mol. The van der Waals surface area contributed by atoms with Gasteiger partial charge >= 0.3 is 6.18 Å². The first kappa shape index (κ1) is 51.2. The second-order valence-corrected chi connectivity index (χ2v) is 20.2. The molecule has 0 atom stereocenters. The summed E-state index contributed by atoms with van der Waals surface area (Å²) in [6.07, 6.45) is -4.83. The van der Waals surface area contributed by atoms with E-state index in [0.29, 0.717) is 50.7 Å². The zero-order chi connectivity index (χ0) is 57.8. The maximum atomic E-state index is 15.3. The van der Waals surface area contributed by atoms with Crippen molar-refractivity contribution >= 4 is 60.7 Å². The van der Waals surface area contributed by atoms with Gasteiger partial charge in [0.05, 0.1) is 87.9 Å². The van der Waals surface area contributed by atoms with Crippen LogP contribution in [0.3, 0.4) is 0 Å². The van der Waals surface area contributed by atoms with E-state index in [1.54, 1.807) is 66.7 Å². The molecule has 13 rings (SSSR count). The van der Waals surface area contributed by atoms with Crippen molar-refractivity contribution in [1.29, 1.82) is 15.8 Å². The number of halogens is 3. The molecule has 390 valence electrons. The highest BCUT2D eigenvalue weighted by molar-refractivity contribution is 6.14. The van der Waals surface area contributed by atoms with Crippen LogP contribution in [0, 0.1) is 53.7 Å². The molecule has 0 saturated heterocycles. The standard InChI is InChI=1S/C73H37F3N8/c1-80-56-22-13-49(14-23-56)53-18-30-69-63(37-53)62-35-51(47-9-4-44(41-77)5-10-47)17-29-68(62)83(69)67-33-21-55(59-27-8-46(43-79)34-66(59)73(74,75)76)39-61(67)60-28-26-58(82-3)40-72(60)84-70-31-19-52(48-11-6-45(42-78)7-12-48)36-64(70)65-38-54(20-32-71(65)84)50-15-24-57(81-2)25-16-50/h4-40H. The van der Waals surface area contributed by atoms with Gasteiger partial charge < -0.3 is 9.13 Å². The average Bonchev–Trinajstić information content (AvgIpc) is 2.02. The number of alkyl halides is 3. The molecule has 0 radical (unpaired) electrons. The van der Waals surface area contributed by atoms with E-state index in [1.807, 2.05) is 121 Å². The summed E-state index contributed by atoms with van der Waals surface area (Å²) in [5.41, 5.74) is 14.0. The number of nitrogens with zero attached hydrogens (tertiary/aromatic N) is 8. The molecule has 0 aliphatic carbocycles. The van der Waals surface area contributed by atoms with Crippen LogP contribution in [-0.2, 0) is 6.18 Å². The van der Waals surface area contributed by atoms with E-state index in [1.165, 1.54) is 12.1 Å². The van der Waals surface area contributed by atoms with E-state index in [-0.39, 0.29) is 16.7 Å². The Labute approximate surface area is 479 Å². The third-order valence-electron chi connectivity index (χ3n) is 15.5. The fourth-order valence-corrected chi connectivity index (χ4v) is 11.4. The zero-order valence-corrected chi connectivity index (χ0v) is 44.1. The van der Waals surface area contributed by atoms with Crippen molar-refractivity contribution in [3.63, 3.8) is 0 Å². The first-order valence-corrected chi connectivity index (χ1v) is 26.4. The molecule has 8 nitrogen and oxygen atoms in total. The molecule has 84 heavy (non-hydrogen) atoms. The van der Waals surface area contributed by atoms with Gasteiger partial charge in [-0.1, -0.05) is 121 Å². The Morgan fingerprint density at radius 2 is 0.655 bits per heavy atom. The number of aromatic nitrogens is 2. The van der Waals surface area contributed by atoms with Crippen molar-refractivity contribution in [2.75, 3.05) is 0 Å². The Morgan fingerprint density at radius 1 is 0.310 bits per heavy atom. The monoisotopic (exact) mass is 1080 g/mol. The largest absolute Gasteiger partial charge is 0.417 e. The summed E-state index contributed by atoms with van der Waals surface area (Å²) < 4.78 is 50.1. The Hall–Kier alpha value is -12.3. The van der Waals surface area contributed by atoms with Gasteiger partial charge in [-0.25, -0.2) is 14.5 Å². The van der Waals surface area contributed by atoms with Crippen LogP contribution in [0.1, 0.15) is 22.3 Å². The lowest BCUT2D eigenvalue weighted by molar-refractivity contribution is -0.137. The summed E-state index contributed by atoms with van der Waals surface area (Å²) in [5, 5.41) is 32.6. The summed E-state index contributed by atoms with van der Waals surface area (Å²) in [4.78, 5) is 11.1. The van der Waals surface area contributed by atoms with Gasteiger partial charge in [-0.3, -0.25) is 0 Å². The second kappa shape index (κ2) is 20.4. The number of benzene rings is 11. The number of rotatable bonds is 8. The normalized spacial score (nSPS) is 11.2. The van der Waals surface area contributed by atoms with Crippen molar-refractivity contribution in [3.05, 3.63) is 281 Å². The number of hydrogen-bond donors (Lipinski definition) is 0. The Balaban J connectivity index is 1.12. The van der Waals surface area contributed by atoms with Crippen LogP contribution in [0.2, 0.25) is 0 Å². The topological polar surface area (TPSA) is 94.3 Å². The number of hydrogen-bond acceptors (Lipinski definition) is 3. The van der Waals surface area contributed by atoms with Crippen molar-refractivity contribution in [2.45, 2.75) is 6.18 Å². The van der Waals surface area contributed by atoms with Crippen LogP contribution in [-0.4, -0.2) is 9.13 Å². The first-order valence-electron chi connectivity index (χ1n) is 26.4. The van der Waals surface area contributed by atoms with E-state index in [4.69, 9.17) is 19.7 Å². The Morgan fingerprint density at radius 3 is 1.05 bits per heavy atom. The third-order valence-corrected chi connectivity index (χ3v) is 15.5. The van der Waals surface area contributed by atoms with E-state index >= 15 is 13.2 Å². The van der Waals surface area contributed by atoms with E-state index < -0.39 is 11.7 Å². The molecule has 0 spiro atoms. The molecule has 13 aromatic rings. The van der Waals surface area contributed by atoms with Gasteiger partial charge in [0.2, 0.25) is 0 Å². The average molecular weight is 1080 g/mol. The van der Waals surface area contributed by atoms with Gasteiger partial charge in [0.1, 0.15) is 0 Å². The van der Waals surface area contributed by atoms with Crippen molar-refractivity contribution < 1.29 is 13.2 Å². The van der Waals surface area contributed by atoms with Crippen LogP contribution in [0.4, 0.5) is 30.2 Å². The minimum Gasteiger partial charge on any atom is -0.310 e. The van der Waals surface area contributed by atoms with Crippen LogP contribution in [0.25, 0.3) is 136 Å². The molecule has 0 aliphatic heterocycles. The minimum atomic E-state index is -4.83. The molecule has 11 heteroatoms. The van der Waals surface area contributed by atoms with Gasteiger partial charge in [0.15, 0.2) is 17.1 Å². The zero-order valence-electron chi connectivity index (χ0n) is 44.1. The summed E-state index contributed by atoms with van der Waals surface area (Å²) >= 11 is 0. The lowest BCUT2D eigenvalue weighted by Crippen LogP contribution is -2.08. The van der Waals surface area contributed by atoms with Gasteiger partial charge in [-0.2, -0.15) is 29.0 Å². The van der Waals surface area contributed by atoms with Gasteiger partial charge in [-0.15, -0.1) is 0 Å². The molecule has 11 aromatic carbocycles. The van der Waals surface area contributed by atoms with Crippen molar-refractivity contribution in [3.8, 4) is 96.3 Å². The first-order chi connectivity index (χ1) is 40.9. The molecule has 0 amide bonds. The molecule has 0 N–H and O–H groups in total. The van der Waals surface area contributed by atoms with Crippen molar-refractivity contribution in [2.24, 2.45) is 0 Å². The molecular formula is C73H37F3N8. The quantitative estimate of drug-likeness (QED) is 0.142. The van der Waals surface area contributed by atoms with Crippen LogP contribution >= 0.6 is 0 Å². The molecule has 2 heterocycles. The highest BCUT2D eigenvalue weighted by atomic mass is 19.4. The number of fused-ring (bicyclic) bond motifs is 6. The van der Waals surface area contributed by atoms with E-state index in [9.17, 15) is 15.8 Å². The molecule has 0 saturated carbocycles. The minimum absolute atomic E-state index is 0.124. The Kier molecular flexibility index (Phi) is 12.5. The lowest BCUT2D eigenvalue weighted by atomic mass is 9.92. The van der Waals surface area contributed by atoms with Gasteiger partial charge in [0.25, 0.3) is 0 Å². The molecule has 0 fully saturated rings. The third kappa shape index (κ3) is 8.87. The fourth-order valence-electron chi connectivity index (χ4n) is 11.4. The molecular weight excluding hydrogens is 1050 g/mol. The van der Waals surface area contributed by atoms with Crippen LogP contribution < -0.4 is 0 Å². The highest BCUT2D eigenvalue weighted by Gasteiger charge is 2.35. The van der Waals surface area contributed by atoms with Gasteiger partial charge in [-0.05, 0) is 159 Å². The lowest BCUT2D eigenvalue weighted by Gasteiger charge is -2.21. The van der Waals surface area contributed by atoms with E-state index in [2.05, 4.69) is 60.1 Å². The predicted octanol–water partition coefficient (Wildman–Crippen LogP) is 20.2. The van der Waals surface area contributed by atoms with Gasteiger partial charge in [0, 0.05) is 38.4 Å². The maximum Gasteiger partial charge on any atom is 0.417 e. The summed E-state index contributed by atoms with van der Waals surface area (Å²) in [6, 6.07) is 74.6. The molecule has 0 bridgehead atoms. The van der Waals surface area contributed by atoms with Crippen molar-refractivity contribution in [1.82, 2.24) is 9.13 Å². The molecule has 0 unspecified atom stereocenters. The van der Waals surface area contributed by atoms with Crippen LogP contribution in [0.15, 0.2) is 224 Å². The SMILES string of the molecule is [C-]#[N+]c1ccc(-c2ccc3c(c2)c2cc(-c4ccc(C#N)cc4)ccc2n3-c2ccc(-c3ccc(C#N)cc3C(F)(F)F)cc2-c2ccc([N+]#[C-])cc2-n2c3ccc(-c4ccc(C#N)cc4)cc3c3cc(-c4ccc([N+]#[C-])cc4)ccc32)cc1. The van der Waals surface area contributed by atoms with E-state index in [0.717, 1.165) is 94.2 Å². The Bertz CT molecular complexity index is 4930. The summed E-state index contributed by atoms with van der Waals surface area (Å²) in [6.45, 7) is 23.5. The number of nitriles is 3. The molecule has 0 aliphatic rings. The summed E-state index contributed by atoms with van der Waals surface area (Å²) in [5.74, 6) is 0. The maximum absolute atomic E-state index is 15.3. The second-order valence-electron chi connectivity index (χ2n) is 20.2.